The van der Waals surface area contributed by atoms with E-state index in [0.717, 1.165) is 25.5 Å². The second-order valence-electron chi connectivity index (χ2n) is 7.08. The average Bonchev–Trinajstić information content (AvgIpc) is 2.96. The number of rotatable bonds is 9. The predicted octanol–water partition coefficient (Wildman–Crippen LogP) is 1.49. The zero-order valence-electron chi connectivity index (χ0n) is 16.9. The topological polar surface area (TPSA) is 83.0 Å². The number of hydrogen-bond acceptors (Lipinski definition) is 5. The van der Waals surface area contributed by atoms with Crippen molar-refractivity contribution in [3.8, 4) is 0 Å². The van der Waals surface area contributed by atoms with E-state index in [1.165, 1.54) is 11.8 Å². The number of nitrogens with zero attached hydrogens (tertiary/aromatic N) is 2. The van der Waals surface area contributed by atoms with E-state index in [1.54, 1.807) is 7.05 Å². The summed E-state index contributed by atoms with van der Waals surface area (Å²) in [5, 5.41) is 6.69. The van der Waals surface area contributed by atoms with Crippen LogP contribution in [0.4, 0.5) is 0 Å². The molecule has 0 aliphatic carbocycles. The van der Waals surface area contributed by atoms with Gasteiger partial charge in [-0.05, 0) is 18.9 Å². The second-order valence-corrected chi connectivity index (χ2v) is 9.34. The number of guanidine groups is 1. The monoisotopic (exact) mass is 524 g/mol. The summed E-state index contributed by atoms with van der Waals surface area (Å²) in [5.74, 6) is 0.803. The van der Waals surface area contributed by atoms with Crippen molar-refractivity contribution in [3.63, 3.8) is 0 Å². The molecule has 0 amide bonds. The van der Waals surface area contributed by atoms with Crippen molar-refractivity contribution in [2.45, 2.75) is 32.0 Å². The summed E-state index contributed by atoms with van der Waals surface area (Å²) < 4.78 is 27.4. The average molecular weight is 524 g/mol. The summed E-state index contributed by atoms with van der Waals surface area (Å²) in [4.78, 5) is 6.75. The van der Waals surface area contributed by atoms with Crippen LogP contribution in [-0.4, -0.2) is 76.7 Å². The largest absolute Gasteiger partial charge is 0.379 e. The van der Waals surface area contributed by atoms with Crippen molar-refractivity contribution in [2.75, 3.05) is 45.4 Å². The molecule has 28 heavy (non-hydrogen) atoms. The molecule has 7 nitrogen and oxygen atoms in total. The molecule has 0 spiro atoms. The molecule has 1 aliphatic heterocycles. The molecule has 2 unspecified atom stereocenters. The van der Waals surface area contributed by atoms with Crippen LogP contribution < -0.4 is 10.6 Å². The van der Waals surface area contributed by atoms with Crippen LogP contribution in [0.2, 0.25) is 0 Å². The summed E-state index contributed by atoms with van der Waals surface area (Å²) >= 11 is 0. The molecule has 1 fully saturated rings. The van der Waals surface area contributed by atoms with E-state index < -0.39 is 9.84 Å². The Bertz CT molecular complexity index is 700. The van der Waals surface area contributed by atoms with Crippen LogP contribution in [0.1, 0.15) is 18.9 Å². The Hall–Kier alpha value is -0.910. The highest BCUT2D eigenvalue weighted by Crippen LogP contribution is 2.20. The minimum absolute atomic E-state index is 0. The van der Waals surface area contributed by atoms with Crippen LogP contribution in [0, 0.1) is 0 Å². The fourth-order valence-electron chi connectivity index (χ4n) is 3.18. The third-order valence-electron chi connectivity index (χ3n) is 4.63. The molecule has 0 saturated carbocycles. The molecule has 2 atom stereocenters. The molecule has 160 valence electrons. The third-order valence-corrected chi connectivity index (χ3v) is 5.54. The summed E-state index contributed by atoms with van der Waals surface area (Å²) in [6, 6.07) is 11.4. The van der Waals surface area contributed by atoms with E-state index in [4.69, 9.17) is 4.74 Å². The van der Waals surface area contributed by atoms with Crippen LogP contribution in [0.3, 0.4) is 0 Å². The first-order valence-electron chi connectivity index (χ1n) is 9.38. The Morgan fingerprint density at radius 2 is 2.00 bits per heavy atom. The van der Waals surface area contributed by atoms with Gasteiger partial charge in [-0.15, -0.1) is 24.0 Å². The van der Waals surface area contributed by atoms with E-state index >= 15 is 0 Å². The van der Waals surface area contributed by atoms with Gasteiger partial charge in [-0.3, -0.25) is 9.89 Å². The molecule has 9 heteroatoms. The van der Waals surface area contributed by atoms with Crippen molar-refractivity contribution >= 4 is 39.8 Å². The Morgan fingerprint density at radius 3 is 2.64 bits per heavy atom. The third kappa shape index (κ3) is 9.53. The highest BCUT2D eigenvalue weighted by molar-refractivity contribution is 14.0. The zero-order valence-corrected chi connectivity index (χ0v) is 20.1. The molecule has 0 bridgehead atoms. The SMILES string of the molecule is CN=C(NCCOCCS(C)(=O)=O)NC1CC(C)N(Cc2ccccc2)C1.I. The first kappa shape index (κ1) is 25.1. The fourth-order valence-corrected chi connectivity index (χ4v) is 3.60. The van der Waals surface area contributed by atoms with E-state index in [2.05, 4.69) is 51.7 Å². The summed E-state index contributed by atoms with van der Waals surface area (Å²) in [5.41, 5.74) is 1.33. The Morgan fingerprint density at radius 1 is 1.29 bits per heavy atom. The van der Waals surface area contributed by atoms with Gasteiger partial charge in [0.2, 0.25) is 0 Å². The maximum absolute atomic E-state index is 11.1. The van der Waals surface area contributed by atoms with E-state index in [-0.39, 0.29) is 36.3 Å². The lowest BCUT2D eigenvalue weighted by atomic mass is 10.2. The lowest BCUT2D eigenvalue weighted by Crippen LogP contribution is -2.45. The molecule has 0 radical (unpaired) electrons. The standard InChI is InChI=1S/C19H32N4O3S.HI/c1-16-13-18(15-23(16)14-17-7-5-4-6-8-17)22-19(20-2)21-9-10-26-11-12-27(3,24)25;/h4-8,16,18H,9-15H2,1-3H3,(H2,20,21,22);1H. The maximum Gasteiger partial charge on any atom is 0.191 e. The lowest BCUT2D eigenvalue weighted by Gasteiger charge is -2.21. The van der Waals surface area contributed by atoms with Crippen molar-refractivity contribution in [1.29, 1.82) is 0 Å². The second kappa shape index (κ2) is 12.6. The molecular weight excluding hydrogens is 491 g/mol. The van der Waals surface area contributed by atoms with Gasteiger partial charge in [-0.2, -0.15) is 0 Å². The van der Waals surface area contributed by atoms with Crippen molar-refractivity contribution in [2.24, 2.45) is 4.99 Å². The minimum atomic E-state index is -2.97. The Balaban J connectivity index is 0.00000392. The Kier molecular flexibility index (Phi) is 11.3. The number of hydrogen-bond donors (Lipinski definition) is 2. The molecule has 1 aromatic carbocycles. The summed E-state index contributed by atoms with van der Waals surface area (Å²) in [7, 11) is -1.22. The van der Waals surface area contributed by atoms with Gasteiger partial charge in [0.25, 0.3) is 0 Å². The van der Waals surface area contributed by atoms with Gasteiger partial charge in [0.1, 0.15) is 9.84 Å². The van der Waals surface area contributed by atoms with E-state index in [9.17, 15) is 8.42 Å². The summed E-state index contributed by atoms with van der Waals surface area (Å²) in [6.07, 6.45) is 2.28. The molecular formula is C19H33IN4O3S. The number of likely N-dealkylation sites (tertiary alicyclic amines) is 1. The van der Waals surface area contributed by atoms with Crippen LogP contribution in [-0.2, 0) is 21.1 Å². The normalized spacial score (nSPS) is 20.6. The van der Waals surface area contributed by atoms with Gasteiger partial charge in [0, 0.05) is 45.0 Å². The number of sulfone groups is 1. The van der Waals surface area contributed by atoms with Gasteiger partial charge < -0.3 is 15.4 Å². The number of aliphatic imine (C=N–C) groups is 1. The maximum atomic E-state index is 11.1. The molecule has 0 aromatic heterocycles. The molecule has 1 heterocycles. The molecule has 1 saturated heterocycles. The van der Waals surface area contributed by atoms with Crippen LogP contribution in [0.25, 0.3) is 0 Å². The van der Waals surface area contributed by atoms with Crippen molar-refractivity contribution in [1.82, 2.24) is 15.5 Å². The number of ether oxygens (including phenoxy) is 1. The highest BCUT2D eigenvalue weighted by atomic mass is 127. The van der Waals surface area contributed by atoms with Gasteiger partial charge in [-0.25, -0.2) is 8.42 Å². The lowest BCUT2D eigenvalue weighted by molar-refractivity contribution is 0.154. The van der Waals surface area contributed by atoms with Crippen LogP contribution in [0.5, 0.6) is 0 Å². The van der Waals surface area contributed by atoms with Gasteiger partial charge in [0.05, 0.1) is 19.0 Å². The van der Waals surface area contributed by atoms with Gasteiger partial charge in [0.15, 0.2) is 5.96 Å². The minimum Gasteiger partial charge on any atom is -0.379 e. The van der Waals surface area contributed by atoms with Crippen molar-refractivity contribution < 1.29 is 13.2 Å². The van der Waals surface area contributed by atoms with Crippen molar-refractivity contribution in [3.05, 3.63) is 35.9 Å². The van der Waals surface area contributed by atoms with E-state index in [1.807, 2.05) is 6.07 Å². The van der Waals surface area contributed by atoms with Gasteiger partial charge >= 0.3 is 0 Å². The molecule has 2 N–H and O–H groups in total. The zero-order chi connectivity index (χ0) is 19.7. The quantitative estimate of drug-likeness (QED) is 0.221. The first-order valence-corrected chi connectivity index (χ1v) is 11.4. The molecule has 2 rings (SSSR count). The smallest absolute Gasteiger partial charge is 0.191 e. The number of benzene rings is 1. The molecule has 1 aromatic rings. The highest BCUT2D eigenvalue weighted by Gasteiger charge is 2.29. The van der Waals surface area contributed by atoms with Gasteiger partial charge in [-0.1, -0.05) is 30.3 Å². The predicted molar refractivity (Wildman–Crippen MR) is 125 cm³/mol. The summed E-state index contributed by atoms with van der Waals surface area (Å²) in [6.45, 7) is 5.44. The van der Waals surface area contributed by atoms with Crippen LogP contribution >= 0.6 is 24.0 Å². The number of halogens is 1. The number of nitrogens with one attached hydrogen (secondary N) is 2. The first-order chi connectivity index (χ1) is 12.9. The van der Waals surface area contributed by atoms with E-state index in [0.29, 0.717) is 25.2 Å². The molecule has 1 aliphatic rings. The Labute approximate surface area is 186 Å². The van der Waals surface area contributed by atoms with Crippen LogP contribution in [0.15, 0.2) is 35.3 Å². The fraction of sp³-hybridized carbons (Fsp3) is 0.632.